The number of fused-ring (bicyclic) bond motifs is 3. The zero-order valence-corrected chi connectivity index (χ0v) is 18.6. The van der Waals surface area contributed by atoms with Crippen molar-refractivity contribution in [2.75, 3.05) is 7.05 Å². The Kier molecular flexibility index (Phi) is 5.42. The molecule has 1 aromatic carbocycles. The molecular weight excluding hydrogens is 402 g/mol. The third kappa shape index (κ3) is 3.52. The number of hydrogen-bond donors (Lipinski definition) is 0. The molecule has 3 aromatic rings. The van der Waals surface area contributed by atoms with Crippen molar-refractivity contribution in [3.8, 4) is 17.3 Å². The van der Waals surface area contributed by atoms with Crippen molar-refractivity contribution in [3.05, 3.63) is 52.8 Å². The molecule has 0 aliphatic carbocycles. The summed E-state index contributed by atoms with van der Waals surface area (Å²) in [6, 6.07) is 6.23. The maximum Gasteiger partial charge on any atom is 0.257 e. The van der Waals surface area contributed by atoms with E-state index in [1.807, 2.05) is 16.7 Å². The molecule has 0 radical (unpaired) electrons. The van der Waals surface area contributed by atoms with Crippen molar-refractivity contribution < 1.29 is 9.21 Å². The first-order chi connectivity index (χ1) is 14.3. The van der Waals surface area contributed by atoms with Crippen LogP contribution in [0.2, 0.25) is 5.02 Å². The first-order valence-corrected chi connectivity index (χ1v) is 10.5. The van der Waals surface area contributed by atoms with Gasteiger partial charge in [-0.2, -0.15) is 0 Å². The highest BCUT2D eigenvalue weighted by molar-refractivity contribution is 6.34. The lowest BCUT2D eigenvalue weighted by Crippen LogP contribution is -2.36. The minimum atomic E-state index is -0.122. The summed E-state index contributed by atoms with van der Waals surface area (Å²) in [7, 11) is 1.76. The molecule has 0 saturated carbocycles. The molecule has 3 heterocycles. The number of amides is 1. The Balaban J connectivity index is 1.74. The van der Waals surface area contributed by atoms with Crippen molar-refractivity contribution in [1.82, 2.24) is 24.3 Å². The second-order valence-electron chi connectivity index (χ2n) is 8.21. The fourth-order valence-corrected chi connectivity index (χ4v) is 4.21. The first-order valence-electron chi connectivity index (χ1n) is 10.1. The lowest BCUT2D eigenvalue weighted by atomic mass is 10.1. The molecule has 0 fully saturated rings. The maximum absolute atomic E-state index is 12.9. The van der Waals surface area contributed by atoms with E-state index in [-0.39, 0.29) is 5.91 Å². The summed E-state index contributed by atoms with van der Waals surface area (Å²) in [4.78, 5) is 26.1. The molecule has 0 spiro atoms. The van der Waals surface area contributed by atoms with Crippen LogP contribution in [-0.2, 0) is 13.1 Å². The first kappa shape index (κ1) is 20.6. The summed E-state index contributed by atoms with van der Waals surface area (Å²) in [6.07, 6.45) is 3.39. The average molecular weight is 428 g/mol. The number of carbonyl (C=O) groups is 1. The van der Waals surface area contributed by atoms with Gasteiger partial charge in [0, 0.05) is 25.7 Å². The van der Waals surface area contributed by atoms with Gasteiger partial charge in [0.25, 0.3) is 5.91 Å². The molecule has 0 unspecified atom stereocenters. The summed E-state index contributed by atoms with van der Waals surface area (Å²) < 4.78 is 7.71. The zero-order valence-electron chi connectivity index (χ0n) is 17.9. The van der Waals surface area contributed by atoms with Gasteiger partial charge in [0.05, 0.1) is 34.2 Å². The van der Waals surface area contributed by atoms with E-state index in [4.69, 9.17) is 21.0 Å². The van der Waals surface area contributed by atoms with E-state index in [9.17, 15) is 4.79 Å². The number of imidazole rings is 1. The molecule has 0 bridgehead atoms. The molecule has 7 nitrogen and oxygen atoms in total. The molecule has 4 rings (SSSR count). The number of rotatable bonds is 5. The molecule has 1 aliphatic heterocycles. The summed E-state index contributed by atoms with van der Waals surface area (Å²) in [5.41, 5.74) is 3.51. The summed E-state index contributed by atoms with van der Waals surface area (Å²) >= 11 is 6.35. The van der Waals surface area contributed by atoms with E-state index in [0.29, 0.717) is 53.0 Å². The summed E-state index contributed by atoms with van der Waals surface area (Å²) in [6.45, 7) is 9.77. The van der Waals surface area contributed by atoms with Crippen LogP contribution in [0.4, 0.5) is 0 Å². The Morgan fingerprint density at radius 3 is 2.67 bits per heavy atom. The van der Waals surface area contributed by atoms with Gasteiger partial charge in [-0.25, -0.2) is 9.97 Å². The van der Waals surface area contributed by atoms with Crippen LogP contribution in [0.5, 0.6) is 0 Å². The lowest BCUT2D eigenvalue weighted by molar-refractivity contribution is 0.0788. The summed E-state index contributed by atoms with van der Waals surface area (Å²) in [5.74, 6) is 0.334. The monoisotopic (exact) mass is 427 g/mol. The van der Waals surface area contributed by atoms with Gasteiger partial charge in [-0.1, -0.05) is 17.7 Å². The van der Waals surface area contributed by atoms with Crippen molar-refractivity contribution in [2.24, 2.45) is 0 Å². The van der Waals surface area contributed by atoms with Gasteiger partial charge in [-0.3, -0.25) is 14.3 Å². The van der Waals surface area contributed by atoms with Crippen LogP contribution < -0.4 is 0 Å². The average Bonchev–Trinajstić information content (AvgIpc) is 3.29. The molecule has 0 N–H and O–H groups in total. The second-order valence-corrected chi connectivity index (χ2v) is 8.62. The quantitative estimate of drug-likeness (QED) is 0.604. The molecule has 1 amide bonds. The van der Waals surface area contributed by atoms with Crippen molar-refractivity contribution in [3.63, 3.8) is 0 Å². The number of carbonyl (C=O) groups excluding carboxylic acids is 1. The van der Waals surface area contributed by atoms with Gasteiger partial charge < -0.3 is 9.32 Å². The van der Waals surface area contributed by atoms with E-state index in [1.54, 1.807) is 30.6 Å². The maximum atomic E-state index is 12.9. The Morgan fingerprint density at radius 1 is 1.23 bits per heavy atom. The number of halogens is 1. The minimum Gasteiger partial charge on any atom is -0.443 e. The molecule has 158 valence electrons. The van der Waals surface area contributed by atoms with E-state index in [0.717, 1.165) is 11.4 Å². The highest BCUT2D eigenvalue weighted by Gasteiger charge is 2.29. The predicted molar refractivity (Wildman–Crippen MR) is 116 cm³/mol. The van der Waals surface area contributed by atoms with Crippen LogP contribution in [0.3, 0.4) is 0 Å². The van der Waals surface area contributed by atoms with Crippen LogP contribution in [-0.4, -0.2) is 49.4 Å². The summed E-state index contributed by atoms with van der Waals surface area (Å²) in [5, 5.41) is 0.424. The SMILES string of the molecule is CC(C)N(Cc1coc(-c2ncn3c2CN(C)C(=O)c2c(Cl)cccc2-3)n1)C(C)C. The van der Waals surface area contributed by atoms with Crippen LogP contribution in [0.25, 0.3) is 17.3 Å². The smallest absolute Gasteiger partial charge is 0.257 e. The van der Waals surface area contributed by atoms with E-state index < -0.39 is 0 Å². The van der Waals surface area contributed by atoms with Gasteiger partial charge in [0.15, 0.2) is 0 Å². The van der Waals surface area contributed by atoms with Gasteiger partial charge in [-0.15, -0.1) is 0 Å². The highest BCUT2D eigenvalue weighted by atomic mass is 35.5. The number of nitrogens with zero attached hydrogens (tertiary/aromatic N) is 5. The van der Waals surface area contributed by atoms with Gasteiger partial charge >= 0.3 is 0 Å². The molecule has 1 aliphatic rings. The minimum absolute atomic E-state index is 0.122. The zero-order chi connectivity index (χ0) is 21.6. The molecule has 2 aromatic heterocycles. The number of oxazole rings is 1. The fourth-order valence-electron chi connectivity index (χ4n) is 3.96. The van der Waals surface area contributed by atoms with Gasteiger partial charge in [0.2, 0.25) is 5.89 Å². The van der Waals surface area contributed by atoms with Crippen molar-refractivity contribution in [1.29, 1.82) is 0 Å². The Labute approximate surface area is 181 Å². The van der Waals surface area contributed by atoms with Crippen LogP contribution in [0.1, 0.15) is 49.4 Å². The van der Waals surface area contributed by atoms with Crippen LogP contribution in [0.15, 0.2) is 35.2 Å². The van der Waals surface area contributed by atoms with E-state index in [1.165, 1.54) is 0 Å². The highest BCUT2D eigenvalue weighted by Crippen LogP contribution is 2.33. The van der Waals surface area contributed by atoms with Crippen molar-refractivity contribution in [2.45, 2.75) is 52.9 Å². The molecule has 30 heavy (non-hydrogen) atoms. The normalized spacial score (nSPS) is 13.9. The Morgan fingerprint density at radius 2 is 1.97 bits per heavy atom. The van der Waals surface area contributed by atoms with E-state index >= 15 is 0 Å². The van der Waals surface area contributed by atoms with Crippen LogP contribution in [0, 0.1) is 0 Å². The molecule has 0 saturated heterocycles. The number of aromatic nitrogens is 3. The third-order valence-electron chi connectivity index (χ3n) is 5.49. The fraction of sp³-hybridized carbons (Fsp3) is 0.409. The molecular formula is C22H26ClN5O2. The van der Waals surface area contributed by atoms with Gasteiger partial charge in [0.1, 0.15) is 18.3 Å². The largest absolute Gasteiger partial charge is 0.443 e. The number of benzene rings is 1. The predicted octanol–water partition coefficient (Wildman–Crippen LogP) is 4.39. The van der Waals surface area contributed by atoms with E-state index in [2.05, 4.69) is 37.6 Å². The number of hydrogen-bond acceptors (Lipinski definition) is 5. The molecule has 8 heteroatoms. The standard InChI is InChI=1S/C22H26ClN5O2/c1-13(2)27(14(3)4)9-15-11-30-21(25-15)20-18-10-26(5)22(29)19-16(23)7-6-8-17(19)28(18)12-24-20/h6-8,11-14H,9-10H2,1-5H3. The van der Waals surface area contributed by atoms with Crippen molar-refractivity contribution >= 4 is 17.5 Å². The molecule has 0 atom stereocenters. The lowest BCUT2D eigenvalue weighted by Gasteiger charge is -2.29. The topological polar surface area (TPSA) is 67.4 Å². The second kappa shape index (κ2) is 7.89. The Bertz CT molecular complexity index is 1080. The van der Waals surface area contributed by atoms with Crippen LogP contribution >= 0.6 is 11.6 Å². The third-order valence-corrected chi connectivity index (χ3v) is 5.81. The Hall–Kier alpha value is -2.64. The van der Waals surface area contributed by atoms with Gasteiger partial charge in [-0.05, 0) is 39.8 Å².